The van der Waals surface area contributed by atoms with Gasteiger partial charge in [-0.2, -0.15) is 9.40 Å². The molecule has 1 atom stereocenters. The van der Waals surface area contributed by atoms with Crippen LogP contribution in [0.4, 0.5) is 0 Å². The molecular formula is C11H17N3O3S. The second-order valence-corrected chi connectivity index (χ2v) is 6.35. The molecule has 18 heavy (non-hydrogen) atoms. The second kappa shape index (κ2) is 5.62. The molecule has 1 aromatic heterocycles. The van der Waals surface area contributed by atoms with Crippen LogP contribution in [0, 0.1) is 0 Å². The number of ether oxygens (including phenoxy) is 1. The van der Waals surface area contributed by atoms with Gasteiger partial charge >= 0.3 is 0 Å². The van der Waals surface area contributed by atoms with E-state index in [2.05, 4.69) is 10.2 Å². The molecule has 0 saturated carbocycles. The van der Waals surface area contributed by atoms with Crippen LogP contribution in [0.25, 0.3) is 0 Å². The van der Waals surface area contributed by atoms with Crippen LogP contribution >= 0.6 is 0 Å². The van der Waals surface area contributed by atoms with E-state index in [0.29, 0.717) is 31.8 Å². The zero-order valence-electron chi connectivity index (χ0n) is 10.3. The van der Waals surface area contributed by atoms with Crippen molar-refractivity contribution in [2.24, 2.45) is 0 Å². The number of hydrogen-bond donors (Lipinski definition) is 0. The minimum Gasteiger partial charge on any atom is -0.472 e. The third kappa shape index (κ3) is 3.17. The monoisotopic (exact) mass is 271 g/mol. The van der Waals surface area contributed by atoms with Gasteiger partial charge in [0, 0.05) is 18.8 Å². The first-order chi connectivity index (χ1) is 8.62. The summed E-state index contributed by atoms with van der Waals surface area (Å²) < 4.78 is 30.8. The van der Waals surface area contributed by atoms with Crippen LogP contribution in [0.1, 0.15) is 19.8 Å². The number of sulfonamides is 1. The maximum Gasteiger partial charge on any atom is 0.233 e. The fourth-order valence-electron chi connectivity index (χ4n) is 1.95. The lowest BCUT2D eigenvalue weighted by Crippen LogP contribution is -2.32. The summed E-state index contributed by atoms with van der Waals surface area (Å²) in [7, 11) is -3.12. The van der Waals surface area contributed by atoms with E-state index in [1.165, 1.54) is 4.31 Å². The van der Waals surface area contributed by atoms with Crippen LogP contribution in [-0.4, -0.2) is 47.9 Å². The molecule has 0 aromatic carbocycles. The highest BCUT2D eigenvalue weighted by atomic mass is 32.2. The van der Waals surface area contributed by atoms with Gasteiger partial charge in [-0.3, -0.25) is 0 Å². The van der Waals surface area contributed by atoms with Gasteiger partial charge in [-0.05, 0) is 18.9 Å². The lowest BCUT2D eigenvalue weighted by molar-refractivity contribution is 0.204. The Morgan fingerprint density at radius 3 is 3.06 bits per heavy atom. The summed E-state index contributed by atoms with van der Waals surface area (Å²) in [4.78, 5) is 0. The SMILES string of the molecule is CCCS(=O)(=O)N1CCC(Oc2cccnn2)C1. The Morgan fingerprint density at radius 2 is 2.39 bits per heavy atom. The van der Waals surface area contributed by atoms with Gasteiger partial charge in [-0.1, -0.05) is 6.92 Å². The van der Waals surface area contributed by atoms with Crippen LogP contribution in [0.5, 0.6) is 5.88 Å². The minimum absolute atomic E-state index is 0.131. The molecule has 0 bridgehead atoms. The Labute approximate surface area is 107 Å². The summed E-state index contributed by atoms with van der Waals surface area (Å²) >= 11 is 0. The van der Waals surface area contributed by atoms with Crippen molar-refractivity contribution in [3.05, 3.63) is 18.3 Å². The Morgan fingerprint density at radius 1 is 1.56 bits per heavy atom. The highest BCUT2D eigenvalue weighted by Crippen LogP contribution is 2.18. The highest BCUT2D eigenvalue weighted by molar-refractivity contribution is 7.89. The van der Waals surface area contributed by atoms with Crippen molar-refractivity contribution in [1.29, 1.82) is 0 Å². The van der Waals surface area contributed by atoms with Crippen LogP contribution in [-0.2, 0) is 10.0 Å². The normalized spacial score (nSPS) is 21.1. The van der Waals surface area contributed by atoms with E-state index in [4.69, 9.17) is 4.74 Å². The molecule has 7 heteroatoms. The first kappa shape index (κ1) is 13.2. The molecule has 6 nitrogen and oxygen atoms in total. The molecule has 0 radical (unpaired) electrons. The van der Waals surface area contributed by atoms with Gasteiger partial charge in [0.05, 0.1) is 12.3 Å². The molecular weight excluding hydrogens is 254 g/mol. The molecule has 1 aromatic rings. The molecule has 2 heterocycles. The van der Waals surface area contributed by atoms with Crippen molar-refractivity contribution >= 4 is 10.0 Å². The first-order valence-corrected chi connectivity index (χ1v) is 7.65. The van der Waals surface area contributed by atoms with Crippen LogP contribution in [0.15, 0.2) is 18.3 Å². The molecule has 2 rings (SSSR count). The van der Waals surface area contributed by atoms with E-state index < -0.39 is 10.0 Å². The summed E-state index contributed by atoms with van der Waals surface area (Å²) in [6, 6.07) is 3.46. The Bertz CT molecular complexity index is 478. The minimum atomic E-state index is -3.12. The van der Waals surface area contributed by atoms with Crippen LogP contribution in [0.3, 0.4) is 0 Å². The van der Waals surface area contributed by atoms with Crippen LogP contribution in [0.2, 0.25) is 0 Å². The largest absolute Gasteiger partial charge is 0.472 e. The fraction of sp³-hybridized carbons (Fsp3) is 0.636. The summed E-state index contributed by atoms with van der Waals surface area (Å²) in [6.07, 6.45) is 2.77. The zero-order valence-corrected chi connectivity index (χ0v) is 11.1. The lowest BCUT2D eigenvalue weighted by Gasteiger charge is -2.16. The Kier molecular flexibility index (Phi) is 4.13. The summed E-state index contributed by atoms with van der Waals surface area (Å²) in [5, 5.41) is 7.54. The summed E-state index contributed by atoms with van der Waals surface area (Å²) in [6.45, 7) is 2.79. The fourth-order valence-corrected chi connectivity index (χ4v) is 3.51. The van der Waals surface area contributed by atoms with Gasteiger partial charge in [0.25, 0.3) is 0 Å². The quantitative estimate of drug-likeness (QED) is 0.787. The van der Waals surface area contributed by atoms with Gasteiger partial charge < -0.3 is 4.74 Å². The van der Waals surface area contributed by atoms with E-state index in [-0.39, 0.29) is 11.9 Å². The van der Waals surface area contributed by atoms with E-state index in [9.17, 15) is 8.42 Å². The van der Waals surface area contributed by atoms with Gasteiger partial charge in [0.1, 0.15) is 6.10 Å². The molecule has 1 aliphatic rings. The maximum atomic E-state index is 11.9. The third-order valence-corrected chi connectivity index (χ3v) is 4.84. The average Bonchev–Trinajstić information content (AvgIpc) is 2.79. The first-order valence-electron chi connectivity index (χ1n) is 6.04. The molecule has 0 amide bonds. The predicted octanol–water partition coefficient (Wildman–Crippen LogP) is 0.670. The Hall–Kier alpha value is -1.21. The maximum absolute atomic E-state index is 11.9. The molecule has 1 fully saturated rings. The van der Waals surface area contributed by atoms with E-state index in [1.54, 1.807) is 18.3 Å². The van der Waals surface area contributed by atoms with Gasteiger partial charge in [-0.25, -0.2) is 8.42 Å². The number of aromatic nitrogens is 2. The summed E-state index contributed by atoms with van der Waals surface area (Å²) in [5.74, 6) is 0.641. The molecule has 100 valence electrons. The van der Waals surface area contributed by atoms with Crippen molar-refractivity contribution in [3.63, 3.8) is 0 Å². The topological polar surface area (TPSA) is 72.4 Å². The smallest absolute Gasteiger partial charge is 0.233 e. The highest BCUT2D eigenvalue weighted by Gasteiger charge is 2.32. The molecule has 1 unspecified atom stereocenters. The summed E-state index contributed by atoms with van der Waals surface area (Å²) in [5.41, 5.74) is 0. The van der Waals surface area contributed by atoms with Crippen molar-refractivity contribution in [2.75, 3.05) is 18.8 Å². The van der Waals surface area contributed by atoms with Crippen molar-refractivity contribution in [2.45, 2.75) is 25.9 Å². The molecule has 1 saturated heterocycles. The predicted molar refractivity (Wildman–Crippen MR) is 66.7 cm³/mol. The van der Waals surface area contributed by atoms with Crippen LogP contribution < -0.4 is 4.74 Å². The Balaban J connectivity index is 1.93. The van der Waals surface area contributed by atoms with Gasteiger partial charge in [0.2, 0.25) is 15.9 Å². The van der Waals surface area contributed by atoms with Gasteiger partial charge in [0.15, 0.2) is 0 Å². The average molecular weight is 271 g/mol. The molecule has 0 N–H and O–H groups in total. The second-order valence-electron chi connectivity index (χ2n) is 4.26. The van der Waals surface area contributed by atoms with Crippen molar-refractivity contribution < 1.29 is 13.2 Å². The number of hydrogen-bond acceptors (Lipinski definition) is 5. The lowest BCUT2D eigenvalue weighted by atomic mass is 10.3. The number of nitrogens with zero attached hydrogens (tertiary/aromatic N) is 3. The number of rotatable bonds is 5. The van der Waals surface area contributed by atoms with E-state index in [1.807, 2.05) is 6.92 Å². The van der Waals surface area contributed by atoms with Crippen molar-refractivity contribution in [1.82, 2.24) is 14.5 Å². The molecule has 0 aliphatic carbocycles. The van der Waals surface area contributed by atoms with Crippen molar-refractivity contribution in [3.8, 4) is 5.88 Å². The zero-order chi connectivity index (χ0) is 13.0. The van der Waals surface area contributed by atoms with E-state index >= 15 is 0 Å². The third-order valence-electron chi connectivity index (χ3n) is 2.80. The molecule has 1 aliphatic heterocycles. The van der Waals surface area contributed by atoms with Gasteiger partial charge in [-0.15, -0.1) is 5.10 Å². The standard InChI is InChI=1S/C11H17N3O3S/c1-2-8-18(15,16)14-7-5-10(9-14)17-11-4-3-6-12-13-11/h3-4,6,10H,2,5,7-9H2,1H3. The van der Waals surface area contributed by atoms with E-state index in [0.717, 1.165) is 0 Å². The molecule has 0 spiro atoms.